The summed E-state index contributed by atoms with van der Waals surface area (Å²) < 4.78 is 1.07. The molecule has 1 aromatic carbocycles. The maximum atomic E-state index is 9.55. The fourth-order valence-electron chi connectivity index (χ4n) is 2.04. The molecule has 0 fully saturated rings. The molecule has 0 radical (unpaired) electrons. The first-order valence-electron chi connectivity index (χ1n) is 7.06. The van der Waals surface area contributed by atoms with Crippen LogP contribution in [-0.4, -0.2) is 0 Å². The zero-order valence-electron chi connectivity index (χ0n) is 13.2. The number of allylic oxidation sites excluding steroid dienone is 7. The number of hydrogen-bond acceptors (Lipinski definition) is 5. The van der Waals surface area contributed by atoms with Crippen molar-refractivity contribution in [3.8, 4) is 18.2 Å². The van der Waals surface area contributed by atoms with E-state index in [0.717, 1.165) is 4.24 Å². The highest BCUT2D eigenvalue weighted by atomic mass is 32.2. The molecule has 1 aromatic rings. The van der Waals surface area contributed by atoms with Gasteiger partial charge in [0.25, 0.3) is 0 Å². The highest BCUT2D eigenvalue weighted by Crippen LogP contribution is 2.48. The molecular weight excluding hydrogens is 334 g/mol. The summed E-state index contributed by atoms with van der Waals surface area (Å²) in [6, 6.07) is 15.0. The van der Waals surface area contributed by atoms with Crippen molar-refractivity contribution < 1.29 is 0 Å². The minimum Gasteiger partial charge on any atom is -0.192 e. The molecule has 0 saturated heterocycles. The van der Waals surface area contributed by atoms with Crippen LogP contribution in [0, 0.1) is 34.0 Å². The van der Waals surface area contributed by atoms with Gasteiger partial charge in [0.15, 0.2) is 0 Å². The molecule has 0 spiro atoms. The van der Waals surface area contributed by atoms with Crippen molar-refractivity contribution in [3.63, 3.8) is 0 Å². The first kappa shape index (κ1) is 17.7. The van der Waals surface area contributed by atoms with Gasteiger partial charge < -0.3 is 0 Å². The third-order valence-corrected chi connectivity index (χ3v) is 5.84. The summed E-state index contributed by atoms with van der Waals surface area (Å²) in [6.45, 7) is 4.11. The van der Waals surface area contributed by atoms with Gasteiger partial charge in [-0.2, -0.15) is 15.8 Å². The van der Waals surface area contributed by atoms with Gasteiger partial charge in [0.2, 0.25) is 0 Å². The molecule has 24 heavy (non-hydrogen) atoms. The van der Waals surface area contributed by atoms with Gasteiger partial charge in [-0.05, 0) is 41.4 Å². The van der Waals surface area contributed by atoms with Crippen molar-refractivity contribution in [1.29, 1.82) is 15.8 Å². The average Bonchev–Trinajstić information content (AvgIpc) is 2.93. The van der Waals surface area contributed by atoms with E-state index in [9.17, 15) is 15.8 Å². The minimum atomic E-state index is -0.0652. The molecule has 0 atom stereocenters. The number of nitrogens with zero attached hydrogens (tertiary/aromatic N) is 3. The summed E-state index contributed by atoms with van der Waals surface area (Å²) in [5, 5.41) is 28.1. The second-order valence-electron chi connectivity index (χ2n) is 4.83. The van der Waals surface area contributed by atoms with E-state index in [2.05, 4.69) is 19.9 Å². The Morgan fingerprint density at radius 2 is 1.50 bits per heavy atom. The fourth-order valence-corrected chi connectivity index (χ4v) is 4.37. The molecule has 1 aliphatic rings. The molecule has 2 rings (SSSR count). The van der Waals surface area contributed by atoms with Gasteiger partial charge in [0.05, 0.1) is 11.6 Å². The summed E-state index contributed by atoms with van der Waals surface area (Å²) in [7, 11) is 0. The minimum absolute atomic E-state index is 0.0652. The van der Waals surface area contributed by atoms with Crippen LogP contribution in [0.4, 0.5) is 0 Å². The summed E-state index contributed by atoms with van der Waals surface area (Å²) in [4.78, 5) is 2.48. The summed E-state index contributed by atoms with van der Waals surface area (Å²) in [5.41, 5.74) is 1.29. The molecule has 1 aliphatic heterocycles. The van der Waals surface area contributed by atoms with Gasteiger partial charge >= 0.3 is 0 Å². The monoisotopic (exact) mass is 347 g/mol. The van der Waals surface area contributed by atoms with E-state index < -0.39 is 0 Å². The van der Waals surface area contributed by atoms with Crippen LogP contribution in [-0.2, 0) is 0 Å². The number of nitriles is 3. The van der Waals surface area contributed by atoms with Gasteiger partial charge in [0.1, 0.15) is 17.7 Å². The van der Waals surface area contributed by atoms with Crippen molar-refractivity contribution in [1.82, 2.24) is 0 Å². The molecule has 0 unspecified atom stereocenters. The Labute approximate surface area is 150 Å². The van der Waals surface area contributed by atoms with Crippen molar-refractivity contribution in [3.05, 3.63) is 73.2 Å². The van der Waals surface area contributed by atoms with Crippen molar-refractivity contribution in [2.24, 2.45) is 0 Å². The number of benzene rings is 1. The highest BCUT2D eigenvalue weighted by molar-refractivity contribution is 8.28. The lowest BCUT2D eigenvalue weighted by atomic mass is 9.94. The van der Waals surface area contributed by atoms with E-state index in [-0.39, 0.29) is 5.57 Å². The number of rotatable bonds is 3. The summed E-state index contributed by atoms with van der Waals surface area (Å²) >= 11 is 3.31. The Hall–Kier alpha value is -2.65. The Balaban J connectivity index is 2.50. The summed E-state index contributed by atoms with van der Waals surface area (Å²) in [6.07, 6.45) is 3.54. The zero-order chi connectivity index (χ0) is 17.5. The van der Waals surface area contributed by atoms with Crippen LogP contribution < -0.4 is 0 Å². The average molecular weight is 347 g/mol. The first-order valence-corrected chi connectivity index (χ1v) is 8.69. The van der Waals surface area contributed by atoms with E-state index >= 15 is 0 Å². The molecular formula is C19H13N3S2. The third kappa shape index (κ3) is 4.00. The molecule has 5 heteroatoms. The largest absolute Gasteiger partial charge is 0.192 e. The Morgan fingerprint density at radius 1 is 0.917 bits per heavy atom. The van der Waals surface area contributed by atoms with Crippen LogP contribution >= 0.6 is 23.5 Å². The van der Waals surface area contributed by atoms with E-state index in [4.69, 9.17) is 0 Å². The maximum Gasteiger partial charge on any atom is 0.138 e. The van der Waals surface area contributed by atoms with Crippen molar-refractivity contribution >= 4 is 29.1 Å². The molecule has 0 aliphatic carbocycles. The molecule has 0 amide bonds. The normalized spacial score (nSPS) is 13.8. The molecule has 0 saturated carbocycles. The van der Waals surface area contributed by atoms with Crippen LogP contribution in [0.2, 0.25) is 0 Å². The quantitative estimate of drug-likeness (QED) is 0.532. The van der Waals surface area contributed by atoms with Crippen LogP contribution in [0.3, 0.4) is 0 Å². The van der Waals surface area contributed by atoms with Crippen LogP contribution in [0.15, 0.2) is 67.7 Å². The van der Waals surface area contributed by atoms with E-state index in [1.807, 2.05) is 36.4 Å². The predicted octanol–water partition coefficient (Wildman–Crippen LogP) is 5.51. The molecule has 116 valence electrons. The number of thioether (sulfide) groups is 2. The SMILES string of the molecule is CC1=C(C)SC(=C/C=C(\C#N)C(=C(C#N)C#N)c2ccccc2)S1. The lowest BCUT2D eigenvalue weighted by molar-refractivity contribution is 1.44. The van der Waals surface area contributed by atoms with Gasteiger partial charge in [0, 0.05) is 9.81 Å². The zero-order valence-corrected chi connectivity index (χ0v) is 14.8. The summed E-state index contributed by atoms with van der Waals surface area (Å²) in [5.74, 6) is 0. The molecule has 3 nitrogen and oxygen atoms in total. The second kappa shape index (κ2) is 8.27. The van der Waals surface area contributed by atoms with Crippen LogP contribution in [0.5, 0.6) is 0 Å². The van der Waals surface area contributed by atoms with Gasteiger partial charge in [-0.25, -0.2) is 0 Å². The Bertz CT molecular complexity index is 867. The first-order chi connectivity index (χ1) is 11.6. The van der Waals surface area contributed by atoms with E-state index in [1.165, 1.54) is 9.81 Å². The Kier molecular flexibility index (Phi) is 6.10. The topological polar surface area (TPSA) is 71.4 Å². The van der Waals surface area contributed by atoms with Gasteiger partial charge in [-0.3, -0.25) is 0 Å². The predicted molar refractivity (Wildman–Crippen MR) is 99.9 cm³/mol. The van der Waals surface area contributed by atoms with Gasteiger partial charge in [-0.1, -0.05) is 53.9 Å². The lowest BCUT2D eigenvalue weighted by Crippen LogP contribution is -1.92. The number of hydrogen-bond donors (Lipinski definition) is 0. The van der Waals surface area contributed by atoms with Gasteiger partial charge in [-0.15, -0.1) is 0 Å². The van der Waals surface area contributed by atoms with E-state index in [1.54, 1.807) is 41.7 Å². The van der Waals surface area contributed by atoms with E-state index in [0.29, 0.717) is 16.7 Å². The maximum absolute atomic E-state index is 9.55. The molecule has 0 bridgehead atoms. The molecule has 0 aromatic heterocycles. The van der Waals surface area contributed by atoms with Crippen LogP contribution in [0.1, 0.15) is 19.4 Å². The highest BCUT2D eigenvalue weighted by Gasteiger charge is 2.16. The lowest BCUT2D eigenvalue weighted by Gasteiger charge is -2.06. The standard InChI is InChI=1S/C19H13N3S2/c1-13-14(2)24-18(23-13)9-8-16(10-20)19(17(11-21)12-22)15-6-4-3-5-7-15/h3-9H,1-2H3/b16-8+. The molecule has 0 N–H and O–H groups in total. The smallest absolute Gasteiger partial charge is 0.138 e. The molecule has 1 heterocycles. The second-order valence-corrected chi connectivity index (χ2v) is 7.61. The fraction of sp³-hybridized carbons (Fsp3) is 0.105. The third-order valence-electron chi connectivity index (χ3n) is 3.32. The van der Waals surface area contributed by atoms with Crippen molar-refractivity contribution in [2.45, 2.75) is 13.8 Å². The van der Waals surface area contributed by atoms with Crippen LogP contribution in [0.25, 0.3) is 5.57 Å². The van der Waals surface area contributed by atoms with Crippen molar-refractivity contribution in [2.75, 3.05) is 0 Å². The Morgan fingerprint density at radius 3 is 2.00 bits per heavy atom.